The van der Waals surface area contributed by atoms with Gasteiger partial charge in [-0.05, 0) is 53.0 Å². The van der Waals surface area contributed by atoms with Gasteiger partial charge in [-0.25, -0.2) is 4.98 Å². The quantitative estimate of drug-likeness (QED) is 0.225. The Kier molecular flexibility index (Phi) is 7.26. The average molecular weight is 526 g/mol. The number of rotatable bonds is 7. The molecule has 0 atom stereocenters. The van der Waals surface area contributed by atoms with Crippen LogP contribution in [-0.4, -0.2) is 28.4 Å². The Hall–Kier alpha value is -4.07. The Balaban J connectivity index is 1.33. The van der Waals surface area contributed by atoms with Crippen molar-refractivity contribution >= 4 is 65.6 Å². The van der Waals surface area contributed by atoms with Gasteiger partial charge in [0.15, 0.2) is 5.65 Å². The van der Waals surface area contributed by atoms with Crippen LogP contribution >= 0.6 is 23.2 Å². The van der Waals surface area contributed by atoms with E-state index in [1.54, 1.807) is 28.9 Å². The second kappa shape index (κ2) is 10.9. The van der Waals surface area contributed by atoms with E-state index in [1.807, 2.05) is 74.6 Å². The Bertz CT molecular complexity index is 1630. The van der Waals surface area contributed by atoms with Crippen molar-refractivity contribution in [1.29, 1.82) is 0 Å². The van der Waals surface area contributed by atoms with Gasteiger partial charge in [0.2, 0.25) is 5.91 Å². The van der Waals surface area contributed by atoms with Crippen LogP contribution in [0.1, 0.15) is 11.1 Å². The van der Waals surface area contributed by atoms with Crippen LogP contribution < -0.4 is 16.1 Å². The smallest absolute Gasteiger partial charge is 0.248 e. The molecule has 182 valence electrons. The summed E-state index contributed by atoms with van der Waals surface area (Å²) in [6.07, 6.45) is 5.00. The Morgan fingerprint density at radius 2 is 1.84 bits per heavy atom. The van der Waals surface area contributed by atoms with E-state index in [0.717, 1.165) is 39.3 Å². The van der Waals surface area contributed by atoms with E-state index in [2.05, 4.69) is 15.7 Å². The second-order valence-electron chi connectivity index (χ2n) is 8.50. The molecule has 0 bridgehead atoms. The van der Waals surface area contributed by atoms with Crippen LogP contribution in [0.2, 0.25) is 10.0 Å². The molecule has 0 aliphatic heterocycles. The number of nitrogens with zero attached hydrogens (tertiary/aromatic N) is 3. The highest BCUT2D eigenvalue weighted by Crippen LogP contribution is 2.28. The maximum Gasteiger partial charge on any atom is 0.248 e. The van der Waals surface area contributed by atoms with Crippen molar-refractivity contribution in [3.63, 3.8) is 0 Å². The zero-order valence-corrected chi connectivity index (χ0v) is 21.5. The Morgan fingerprint density at radius 1 is 1.00 bits per heavy atom. The topological polar surface area (TPSA) is 71.3 Å². The van der Waals surface area contributed by atoms with Crippen molar-refractivity contribution < 1.29 is 4.79 Å². The van der Waals surface area contributed by atoms with Crippen LogP contribution in [0.4, 0.5) is 11.5 Å². The highest BCUT2D eigenvalue weighted by atomic mass is 35.5. The minimum atomic E-state index is -0.225. The molecule has 2 heterocycles. The molecule has 1 amide bonds. The third kappa shape index (κ3) is 5.85. The molecule has 0 spiro atoms. The molecule has 2 aromatic heterocycles. The predicted molar refractivity (Wildman–Crippen MR) is 154 cm³/mol. The van der Waals surface area contributed by atoms with Crippen LogP contribution in [0.25, 0.3) is 23.0 Å². The van der Waals surface area contributed by atoms with Crippen molar-refractivity contribution in [1.82, 2.24) is 14.6 Å². The van der Waals surface area contributed by atoms with E-state index in [0.29, 0.717) is 22.3 Å². The molecule has 0 unspecified atom stereocenters. The van der Waals surface area contributed by atoms with Crippen LogP contribution in [0, 0.1) is 0 Å². The number of carbonyl (C=O) groups is 1. The van der Waals surface area contributed by atoms with E-state index in [-0.39, 0.29) is 5.91 Å². The van der Waals surface area contributed by atoms with Crippen LogP contribution in [-0.2, 0) is 11.3 Å². The molecule has 0 fully saturated rings. The van der Waals surface area contributed by atoms with E-state index in [9.17, 15) is 4.79 Å². The first-order valence-electron chi connectivity index (χ1n) is 11.6. The first-order chi connectivity index (χ1) is 18.0. The Labute approximate surface area is 225 Å². The molecule has 0 aliphatic rings. The van der Waals surface area contributed by atoms with Crippen molar-refractivity contribution in [2.45, 2.75) is 6.54 Å². The number of nitrogens with one attached hydrogen (secondary N) is 2. The lowest BCUT2D eigenvalue weighted by molar-refractivity contribution is -0.111. The lowest BCUT2D eigenvalue weighted by atomic mass is 10.0. The lowest BCUT2D eigenvalue weighted by Gasteiger charge is -2.12. The number of halogens is 2. The van der Waals surface area contributed by atoms with Gasteiger partial charge in [-0.2, -0.15) is 9.61 Å². The Morgan fingerprint density at radius 3 is 2.68 bits per heavy atom. The molecule has 5 aromatic rings. The molecule has 5 rings (SSSR count). The SMILES string of the molecule is Bc1cnn2c(NCc3cccc(NC(=O)/C=C/c4cccc(Cl)c4)c3)cc(-c3ccccc3Cl)nc12. The number of amides is 1. The van der Waals surface area contributed by atoms with Gasteiger partial charge in [0.1, 0.15) is 13.7 Å². The summed E-state index contributed by atoms with van der Waals surface area (Å²) in [5.41, 5.74) is 5.88. The van der Waals surface area contributed by atoms with Gasteiger partial charge in [0, 0.05) is 46.2 Å². The van der Waals surface area contributed by atoms with Crippen molar-refractivity contribution in [3.05, 3.63) is 112 Å². The van der Waals surface area contributed by atoms with Crippen molar-refractivity contribution in [2.24, 2.45) is 0 Å². The number of anilines is 2. The standard InChI is InChI=1S/C28H22BCl2N5O/c29-23-17-33-36-26(15-25(35-28(23)36)22-9-1-2-10-24(22)31)32-16-19-6-4-8-21(14-19)34-27(37)12-11-18-5-3-7-20(30)13-18/h1-15,17,32H,16,29H2,(H,34,37)/b12-11+. The fourth-order valence-corrected chi connectivity index (χ4v) is 4.35. The highest BCUT2D eigenvalue weighted by molar-refractivity contribution is 6.36. The first kappa shape index (κ1) is 24.6. The average Bonchev–Trinajstić information content (AvgIpc) is 3.27. The van der Waals surface area contributed by atoms with Crippen LogP contribution in [0.15, 0.2) is 91.1 Å². The first-order valence-corrected chi connectivity index (χ1v) is 12.4. The second-order valence-corrected chi connectivity index (χ2v) is 9.34. The van der Waals surface area contributed by atoms with Gasteiger partial charge in [-0.3, -0.25) is 4.79 Å². The minimum absolute atomic E-state index is 0.225. The van der Waals surface area contributed by atoms with Gasteiger partial charge >= 0.3 is 0 Å². The highest BCUT2D eigenvalue weighted by Gasteiger charge is 2.12. The molecule has 2 N–H and O–H groups in total. The molecule has 37 heavy (non-hydrogen) atoms. The molecule has 0 radical (unpaired) electrons. The zero-order chi connectivity index (χ0) is 25.8. The summed E-state index contributed by atoms with van der Waals surface area (Å²) in [7, 11) is 1.97. The van der Waals surface area contributed by atoms with Crippen LogP contribution in [0.3, 0.4) is 0 Å². The fraction of sp³-hybridized carbons (Fsp3) is 0.0357. The minimum Gasteiger partial charge on any atom is -0.366 e. The summed E-state index contributed by atoms with van der Waals surface area (Å²) in [5, 5.41) is 12.1. The van der Waals surface area contributed by atoms with Gasteiger partial charge in [0.25, 0.3) is 0 Å². The number of hydrogen-bond donors (Lipinski definition) is 2. The molecule has 0 aliphatic carbocycles. The van der Waals surface area contributed by atoms with Gasteiger partial charge < -0.3 is 10.6 Å². The summed E-state index contributed by atoms with van der Waals surface area (Å²) in [4.78, 5) is 17.2. The third-order valence-corrected chi connectivity index (χ3v) is 6.31. The molecule has 3 aromatic carbocycles. The summed E-state index contributed by atoms with van der Waals surface area (Å²) in [5.74, 6) is 0.559. The number of benzene rings is 3. The summed E-state index contributed by atoms with van der Waals surface area (Å²) >= 11 is 12.5. The molecular formula is C28H22BCl2N5O. The molecule has 6 nitrogen and oxygen atoms in total. The number of hydrogen-bond acceptors (Lipinski definition) is 4. The monoisotopic (exact) mass is 525 g/mol. The zero-order valence-electron chi connectivity index (χ0n) is 20.0. The summed E-state index contributed by atoms with van der Waals surface area (Å²) in [6.45, 7) is 0.516. The summed E-state index contributed by atoms with van der Waals surface area (Å²) in [6, 6.07) is 24.6. The molecule has 0 saturated carbocycles. The number of aromatic nitrogens is 3. The van der Waals surface area contributed by atoms with E-state index in [1.165, 1.54) is 6.08 Å². The maximum atomic E-state index is 12.4. The molecule has 9 heteroatoms. The van der Waals surface area contributed by atoms with E-state index < -0.39 is 0 Å². The normalized spacial score (nSPS) is 11.2. The maximum absolute atomic E-state index is 12.4. The number of fused-ring (bicyclic) bond motifs is 1. The number of carbonyl (C=O) groups excluding carboxylic acids is 1. The largest absolute Gasteiger partial charge is 0.366 e. The van der Waals surface area contributed by atoms with Crippen molar-refractivity contribution in [3.8, 4) is 11.3 Å². The molecular weight excluding hydrogens is 504 g/mol. The van der Waals surface area contributed by atoms with Crippen molar-refractivity contribution in [2.75, 3.05) is 10.6 Å². The van der Waals surface area contributed by atoms with Crippen LogP contribution in [0.5, 0.6) is 0 Å². The van der Waals surface area contributed by atoms with E-state index >= 15 is 0 Å². The van der Waals surface area contributed by atoms with Gasteiger partial charge in [0.05, 0.1) is 5.69 Å². The van der Waals surface area contributed by atoms with Gasteiger partial charge in [-0.15, -0.1) is 0 Å². The third-order valence-electron chi connectivity index (χ3n) is 5.74. The molecule has 0 saturated heterocycles. The lowest BCUT2D eigenvalue weighted by Crippen LogP contribution is -2.10. The fourth-order valence-electron chi connectivity index (χ4n) is 3.92. The predicted octanol–water partition coefficient (Wildman–Crippen LogP) is 5.23. The summed E-state index contributed by atoms with van der Waals surface area (Å²) < 4.78 is 1.78. The van der Waals surface area contributed by atoms with E-state index in [4.69, 9.17) is 28.2 Å². The van der Waals surface area contributed by atoms with Gasteiger partial charge in [-0.1, -0.05) is 65.7 Å².